The van der Waals surface area contributed by atoms with Crippen LogP contribution in [0.3, 0.4) is 0 Å². The molecule has 2 heterocycles. The van der Waals surface area contributed by atoms with Crippen molar-refractivity contribution in [3.63, 3.8) is 0 Å². The zero-order chi connectivity index (χ0) is 14.5. The predicted molar refractivity (Wildman–Crippen MR) is 78.9 cm³/mol. The number of ether oxygens (including phenoxy) is 1. The summed E-state index contributed by atoms with van der Waals surface area (Å²) in [5.74, 6) is 0.771. The number of aromatic nitrogens is 3. The van der Waals surface area contributed by atoms with Crippen LogP contribution in [0.4, 0.5) is 0 Å². The molecule has 2 aromatic rings. The van der Waals surface area contributed by atoms with Crippen molar-refractivity contribution in [2.24, 2.45) is 7.05 Å². The quantitative estimate of drug-likeness (QED) is 0.876. The molecular formula is C15H22N4O. The van der Waals surface area contributed by atoms with Gasteiger partial charge in [0.05, 0.1) is 25.0 Å². The fourth-order valence-electron chi connectivity index (χ4n) is 2.39. The fourth-order valence-corrected chi connectivity index (χ4v) is 2.39. The Morgan fingerprint density at radius 3 is 2.80 bits per heavy atom. The summed E-state index contributed by atoms with van der Waals surface area (Å²) in [7, 11) is 3.61. The molecule has 1 atom stereocenters. The summed E-state index contributed by atoms with van der Waals surface area (Å²) < 4.78 is 7.14. The van der Waals surface area contributed by atoms with Gasteiger partial charge in [0.1, 0.15) is 5.75 Å². The maximum absolute atomic E-state index is 5.27. The SMILES string of the molecule is CCNC(c1cncc(OC)c1)c1cn(C)nc1CC. The van der Waals surface area contributed by atoms with Gasteiger partial charge in [0.2, 0.25) is 0 Å². The van der Waals surface area contributed by atoms with Crippen molar-refractivity contribution in [3.05, 3.63) is 41.5 Å². The van der Waals surface area contributed by atoms with Crippen LogP contribution >= 0.6 is 0 Å². The van der Waals surface area contributed by atoms with E-state index in [1.54, 1.807) is 13.3 Å². The number of nitrogens with zero attached hydrogens (tertiary/aromatic N) is 3. The monoisotopic (exact) mass is 274 g/mol. The minimum atomic E-state index is 0.0891. The molecule has 0 spiro atoms. The van der Waals surface area contributed by atoms with Crippen molar-refractivity contribution in [2.45, 2.75) is 26.3 Å². The van der Waals surface area contributed by atoms with Gasteiger partial charge in [-0.15, -0.1) is 0 Å². The van der Waals surface area contributed by atoms with E-state index in [9.17, 15) is 0 Å². The van der Waals surface area contributed by atoms with Crippen molar-refractivity contribution in [1.82, 2.24) is 20.1 Å². The molecule has 0 radical (unpaired) electrons. The highest BCUT2D eigenvalue weighted by molar-refractivity contribution is 5.35. The zero-order valence-corrected chi connectivity index (χ0v) is 12.6. The van der Waals surface area contributed by atoms with Gasteiger partial charge in [0.25, 0.3) is 0 Å². The van der Waals surface area contributed by atoms with Crippen LogP contribution in [0.2, 0.25) is 0 Å². The third-order valence-electron chi connectivity index (χ3n) is 3.30. The van der Waals surface area contributed by atoms with E-state index in [-0.39, 0.29) is 6.04 Å². The van der Waals surface area contributed by atoms with E-state index in [0.29, 0.717) is 0 Å². The third kappa shape index (κ3) is 2.99. The van der Waals surface area contributed by atoms with Gasteiger partial charge in [-0.05, 0) is 24.6 Å². The van der Waals surface area contributed by atoms with E-state index in [0.717, 1.165) is 30.0 Å². The number of rotatable bonds is 6. The van der Waals surface area contributed by atoms with Crippen LogP contribution in [-0.4, -0.2) is 28.4 Å². The van der Waals surface area contributed by atoms with E-state index in [2.05, 4.69) is 35.4 Å². The number of methoxy groups -OCH3 is 1. The molecule has 0 amide bonds. The van der Waals surface area contributed by atoms with Crippen LogP contribution in [0.1, 0.15) is 36.7 Å². The first kappa shape index (κ1) is 14.5. The number of pyridine rings is 1. The van der Waals surface area contributed by atoms with Gasteiger partial charge in [0, 0.05) is 25.0 Å². The van der Waals surface area contributed by atoms with Crippen molar-refractivity contribution >= 4 is 0 Å². The second kappa shape index (κ2) is 6.52. The Bertz CT molecular complexity index is 565. The lowest BCUT2D eigenvalue weighted by Gasteiger charge is -2.18. The summed E-state index contributed by atoms with van der Waals surface area (Å²) in [6, 6.07) is 2.11. The second-order valence-electron chi connectivity index (χ2n) is 4.71. The summed E-state index contributed by atoms with van der Waals surface area (Å²) >= 11 is 0. The van der Waals surface area contributed by atoms with Crippen molar-refractivity contribution in [3.8, 4) is 5.75 Å². The molecule has 1 N–H and O–H groups in total. The first-order chi connectivity index (χ1) is 9.69. The maximum Gasteiger partial charge on any atom is 0.137 e. The summed E-state index contributed by atoms with van der Waals surface area (Å²) in [6.07, 6.45) is 6.58. The van der Waals surface area contributed by atoms with Gasteiger partial charge in [-0.2, -0.15) is 5.10 Å². The van der Waals surface area contributed by atoms with E-state index in [1.807, 2.05) is 24.0 Å². The first-order valence-corrected chi connectivity index (χ1v) is 6.94. The van der Waals surface area contributed by atoms with Crippen LogP contribution in [-0.2, 0) is 13.5 Å². The Morgan fingerprint density at radius 1 is 1.35 bits per heavy atom. The molecule has 5 heteroatoms. The maximum atomic E-state index is 5.27. The van der Waals surface area contributed by atoms with E-state index in [1.165, 1.54) is 5.56 Å². The molecular weight excluding hydrogens is 252 g/mol. The lowest BCUT2D eigenvalue weighted by atomic mass is 9.99. The number of hydrogen-bond donors (Lipinski definition) is 1. The average Bonchev–Trinajstić information content (AvgIpc) is 2.85. The molecule has 0 aliphatic carbocycles. The summed E-state index contributed by atoms with van der Waals surface area (Å²) in [6.45, 7) is 5.10. The third-order valence-corrected chi connectivity index (χ3v) is 3.30. The molecule has 2 rings (SSSR count). The molecule has 0 saturated heterocycles. The number of hydrogen-bond acceptors (Lipinski definition) is 4. The number of aryl methyl sites for hydroxylation is 2. The molecule has 0 fully saturated rings. The second-order valence-corrected chi connectivity index (χ2v) is 4.71. The van der Waals surface area contributed by atoms with Gasteiger partial charge in [0.15, 0.2) is 0 Å². The van der Waals surface area contributed by atoms with Crippen LogP contribution in [0.15, 0.2) is 24.7 Å². The minimum Gasteiger partial charge on any atom is -0.495 e. The molecule has 0 aliphatic heterocycles. The van der Waals surface area contributed by atoms with Crippen LogP contribution in [0.5, 0.6) is 5.75 Å². The van der Waals surface area contributed by atoms with Crippen LogP contribution in [0.25, 0.3) is 0 Å². The van der Waals surface area contributed by atoms with Crippen molar-refractivity contribution in [1.29, 1.82) is 0 Å². The van der Waals surface area contributed by atoms with Crippen LogP contribution in [0, 0.1) is 0 Å². The van der Waals surface area contributed by atoms with E-state index in [4.69, 9.17) is 4.74 Å². The Balaban J connectivity index is 2.43. The van der Waals surface area contributed by atoms with E-state index < -0.39 is 0 Å². The molecule has 20 heavy (non-hydrogen) atoms. The van der Waals surface area contributed by atoms with Crippen LogP contribution < -0.4 is 10.1 Å². The van der Waals surface area contributed by atoms with Gasteiger partial charge in [-0.1, -0.05) is 13.8 Å². The topological polar surface area (TPSA) is 52.0 Å². The Kier molecular flexibility index (Phi) is 4.74. The van der Waals surface area contributed by atoms with E-state index >= 15 is 0 Å². The standard InChI is InChI=1S/C15H22N4O/c1-5-14-13(10-19(3)18-14)15(17-6-2)11-7-12(20-4)9-16-8-11/h7-10,15,17H,5-6H2,1-4H3. The highest BCUT2D eigenvalue weighted by atomic mass is 16.5. The highest BCUT2D eigenvalue weighted by Gasteiger charge is 2.19. The molecule has 0 aromatic carbocycles. The molecule has 0 saturated carbocycles. The van der Waals surface area contributed by atoms with Crippen molar-refractivity contribution in [2.75, 3.05) is 13.7 Å². The van der Waals surface area contributed by atoms with Gasteiger partial charge >= 0.3 is 0 Å². The summed E-state index contributed by atoms with van der Waals surface area (Å²) in [4.78, 5) is 4.25. The van der Waals surface area contributed by atoms with Crippen molar-refractivity contribution < 1.29 is 4.74 Å². The Morgan fingerprint density at radius 2 is 2.15 bits per heavy atom. The molecule has 1 unspecified atom stereocenters. The normalized spacial score (nSPS) is 12.4. The highest BCUT2D eigenvalue weighted by Crippen LogP contribution is 2.26. The summed E-state index contributed by atoms with van der Waals surface area (Å²) in [5, 5.41) is 8.03. The zero-order valence-electron chi connectivity index (χ0n) is 12.6. The fraction of sp³-hybridized carbons (Fsp3) is 0.467. The average molecular weight is 274 g/mol. The van der Waals surface area contributed by atoms with Gasteiger partial charge in [-0.3, -0.25) is 9.67 Å². The Labute approximate surface area is 120 Å². The molecule has 0 bridgehead atoms. The molecule has 5 nitrogen and oxygen atoms in total. The molecule has 108 valence electrons. The Hall–Kier alpha value is -1.88. The number of nitrogens with one attached hydrogen (secondary N) is 1. The smallest absolute Gasteiger partial charge is 0.137 e. The lowest BCUT2D eigenvalue weighted by Crippen LogP contribution is -2.22. The summed E-state index contributed by atoms with van der Waals surface area (Å²) in [5.41, 5.74) is 3.40. The minimum absolute atomic E-state index is 0.0891. The van der Waals surface area contributed by atoms with Gasteiger partial charge in [-0.25, -0.2) is 0 Å². The molecule has 0 aliphatic rings. The lowest BCUT2D eigenvalue weighted by molar-refractivity contribution is 0.411. The molecule has 2 aromatic heterocycles. The first-order valence-electron chi connectivity index (χ1n) is 6.94. The van der Waals surface area contributed by atoms with Gasteiger partial charge < -0.3 is 10.1 Å². The largest absolute Gasteiger partial charge is 0.495 e. The predicted octanol–water partition coefficient (Wildman–Crippen LogP) is 2.08.